The molecule has 1 aliphatic heterocycles. The van der Waals surface area contributed by atoms with E-state index in [1.54, 1.807) is 12.5 Å². The smallest absolute Gasteiger partial charge is 0.131 e. The van der Waals surface area contributed by atoms with Crippen LogP contribution in [0.25, 0.3) is 6.08 Å². The van der Waals surface area contributed by atoms with Gasteiger partial charge in [-0.2, -0.15) is 0 Å². The number of benzene rings is 1. The van der Waals surface area contributed by atoms with Crippen molar-refractivity contribution in [1.82, 2.24) is 4.90 Å². The summed E-state index contributed by atoms with van der Waals surface area (Å²) in [4.78, 5) is 13.5. The van der Waals surface area contributed by atoms with E-state index in [4.69, 9.17) is 0 Å². The molecule has 1 fully saturated rings. The number of Topliss-reactive ketones (excluding diaryl/α,β-unsaturated/α-hetero) is 1. The van der Waals surface area contributed by atoms with Crippen molar-refractivity contribution >= 4 is 11.9 Å². The van der Waals surface area contributed by atoms with E-state index in [0.29, 0.717) is 18.1 Å². The maximum atomic E-state index is 11.1. The Balaban J connectivity index is 1.73. The van der Waals surface area contributed by atoms with Crippen LogP contribution in [-0.2, 0) is 4.79 Å². The molecule has 1 aromatic carbocycles. The minimum Gasteiger partial charge on any atom is -0.302 e. The van der Waals surface area contributed by atoms with Gasteiger partial charge in [-0.1, -0.05) is 35.9 Å². The monoisotopic (exact) mass is 241 g/mol. The third-order valence-electron chi connectivity index (χ3n) is 4.10. The van der Waals surface area contributed by atoms with Gasteiger partial charge in [0.05, 0.1) is 0 Å². The van der Waals surface area contributed by atoms with Crippen LogP contribution in [0.3, 0.4) is 0 Å². The molecule has 2 heteroatoms. The lowest BCUT2D eigenvalue weighted by Gasteiger charge is -2.32. The number of fused-ring (bicyclic) bond motifs is 3. The van der Waals surface area contributed by atoms with Gasteiger partial charge in [0, 0.05) is 32.0 Å². The molecule has 1 aromatic rings. The Morgan fingerprint density at radius 1 is 1.39 bits per heavy atom. The van der Waals surface area contributed by atoms with Gasteiger partial charge in [0.15, 0.2) is 0 Å². The summed E-state index contributed by atoms with van der Waals surface area (Å²) in [6.45, 7) is 4.78. The third-order valence-corrected chi connectivity index (χ3v) is 4.10. The molecule has 2 aliphatic rings. The Morgan fingerprint density at radius 2 is 2.22 bits per heavy atom. The molecule has 0 N–H and O–H groups in total. The Bertz CT molecular complexity index is 504. The molecule has 2 nitrogen and oxygen atoms in total. The first kappa shape index (κ1) is 11.7. The molecule has 1 heterocycles. The summed E-state index contributed by atoms with van der Waals surface area (Å²) in [5.74, 6) is 0.866. The van der Waals surface area contributed by atoms with Gasteiger partial charge in [-0.25, -0.2) is 0 Å². The van der Waals surface area contributed by atoms with Crippen molar-refractivity contribution in [3.63, 3.8) is 0 Å². The Kier molecular flexibility index (Phi) is 3.04. The van der Waals surface area contributed by atoms with Crippen LogP contribution in [0.1, 0.15) is 36.8 Å². The van der Waals surface area contributed by atoms with E-state index < -0.39 is 0 Å². The minimum atomic E-state index is 0.295. The number of carbonyl (C=O) groups is 1. The quantitative estimate of drug-likeness (QED) is 0.811. The van der Waals surface area contributed by atoms with Gasteiger partial charge in [0.25, 0.3) is 0 Å². The van der Waals surface area contributed by atoms with E-state index in [1.165, 1.54) is 11.1 Å². The fourth-order valence-corrected chi connectivity index (χ4v) is 3.08. The number of piperidine rings is 1. The van der Waals surface area contributed by atoms with Crippen molar-refractivity contribution in [3.8, 4) is 0 Å². The van der Waals surface area contributed by atoms with Crippen LogP contribution in [0.2, 0.25) is 0 Å². The van der Waals surface area contributed by atoms with E-state index in [-0.39, 0.29) is 0 Å². The van der Waals surface area contributed by atoms with Crippen molar-refractivity contribution in [2.75, 3.05) is 19.6 Å². The maximum absolute atomic E-state index is 11.1. The molecule has 0 amide bonds. The third kappa shape index (κ3) is 2.13. The zero-order valence-electron chi connectivity index (χ0n) is 10.9. The number of nitrogens with zero attached hydrogens (tertiary/aromatic N) is 1. The molecule has 1 unspecified atom stereocenters. The molecule has 18 heavy (non-hydrogen) atoms. The summed E-state index contributed by atoms with van der Waals surface area (Å²) >= 11 is 0. The minimum absolute atomic E-state index is 0.295. The predicted molar refractivity (Wildman–Crippen MR) is 73.5 cm³/mol. The molecule has 0 saturated carbocycles. The van der Waals surface area contributed by atoms with Gasteiger partial charge in [-0.05, 0) is 24.5 Å². The van der Waals surface area contributed by atoms with Gasteiger partial charge in [0.2, 0.25) is 0 Å². The molecule has 1 atom stereocenters. The molecule has 0 bridgehead atoms. The first-order valence-corrected chi connectivity index (χ1v) is 6.75. The standard InChI is InChI=1S/C16H19NO/c1-12(18)6-8-17-9-7-14-10-13-4-2-3-5-15(13)16(14)11-17/h2-5,10,16H,6-9,11H2,1H3. The van der Waals surface area contributed by atoms with Gasteiger partial charge >= 0.3 is 0 Å². The molecule has 3 rings (SSSR count). The maximum Gasteiger partial charge on any atom is 0.131 e. The first-order chi connectivity index (χ1) is 8.74. The van der Waals surface area contributed by atoms with Gasteiger partial charge in [-0.15, -0.1) is 0 Å². The molecule has 0 spiro atoms. The molecular weight excluding hydrogens is 222 g/mol. The number of hydrogen-bond donors (Lipinski definition) is 0. The number of likely N-dealkylation sites (tertiary alicyclic amines) is 1. The summed E-state index contributed by atoms with van der Waals surface area (Å²) < 4.78 is 0. The fourth-order valence-electron chi connectivity index (χ4n) is 3.08. The molecule has 0 radical (unpaired) electrons. The normalized spacial score (nSPS) is 22.3. The van der Waals surface area contributed by atoms with E-state index in [9.17, 15) is 4.79 Å². The highest BCUT2D eigenvalue weighted by Gasteiger charge is 2.30. The fraction of sp³-hybridized carbons (Fsp3) is 0.438. The van der Waals surface area contributed by atoms with E-state index in [0.717, 1.165) is 26.1 Å². The number of hydrogen-bond acceptors (Lipinski definition) is 2. The Labute approximate surface area is 108 Å². The van der Waals surface area contributed by atoms with E-state index in [1.807, 2.05) is 0 Å². The zero-order chi connectivity index (χ0) is 12.5. The lowest BCUT2D eigenvalue weighted by atomic mass is 9.90. The average Bonchev–Trinajstić information content (AvgIpc) is 2.74. The van der Waals surface area contributed by atoms with Gasteiger partial charge in [-0.3, -0.25) is 4.79 Å². The van der Waals surface area contributed by atoms with Crippen LogP contribution < -0.4 is 0 Å². The lowest BCUT2D eigenvalue weighted by molar-refractivity contribution is -0.117. The number of carbonyl (C=O) groups excluding carboxylic acids is 1. The molecule has 0 aromatic heterocycles. The van der Waals surface area contributed by atoms with Crippen LogP contribution in [0.4, 0.5) is 0 Å². The van der Waals surface area contributed by atoms with Crippen molar-refractivity contribution in [3.05, 3.63) is 41.0 Å². The van der Waals surface area contributed by atoms with Crippen molar-refractivity contribution in [2.45, 2.75) is 25.7 Å². The predicted octanol–water partition coefficient (Wildman–Crippen LogP) is 2.85. The summed E-state index contributed by atoms with van der Waals surface area (Å²) in [5, 5.41) is 0. The van der Waals surface area contributed by atoms with Crippen LogP contribution in [0.15, 0.2) is 29.8 Å². The van der Waals surface area contributed by atoms with Crippen molar-refractivity contribution in [2.24, 2.45) is 0 Å². The van der Waals surface area contributed by atoms with Crippen molar-refractivity contribution < 1.29 is 4.79 Å². The highest BCUT2D eigenvalue weighted by Crippen LogP contribution is 2.40. The molecule has 1 aliphatic carbocycles. The molecule has 1 saturated heterocycles. The van der Waals surface area contributed by atoms with Crippen LogP contribution in [0.5, 0.6) is 0 Å². The average molecular weight is 241 g/mol. The Hall–Kier alpha value is -1.41. The summed E-state index contributed by atoms with van der Waals surface area (Å²) in [6.07, 6.45) is 4.20. The molecule has 94 valence electrons. The van der Waals surface area contributed by atoms with E-state index >= 15 is 0 Å². The second-order valence-electron chi connectivity index (χ2n) is 5.40. The second kappa shape index (κ2) is 4.69. The summed E-state index contributed by atoms with van der Waals surface area (Å²) in [7, 11) is 0. The Morgan fingerprint density at radius 3 is 3.06 bits per heavy atom. The van der Waals surface area contributed by atoms with Crippen LogP contribution in [0, 0.1) is 0 Å². The largest absolute Gasteiger partial charge is 0.302 e. The highest BCUT2D eigenvalue weighted by atomic mass is 16.1. The summed E-state index contributed by atoms with van der Waals surface area (Å²) in [6, 6.07) is 8.70. The summed E-state index contributed by atoms with van der Waals surface area (Å²) in [5.41, 5.74) is 4.45. The van der Waals surface area contributed by atoms with Crippen molar-refractivity contribution in [1.29, 1.82) is 0 Å². The topological polar surface area (TPSA) is 20.3 Å². The lowest BCUT2D eigenvalue weighted by Crippen LogP contribution is -2.36. The zero-order valence-corrected chi connectivity index (χ0v) is 10.9. The van der Waals surface area contributed by atoms with Crippen LogP contribution >= 0.6 is 0 Å². The van der Waals surface area contributed by atoms with E-state index in [2.05, 4.69) is 35.2 Å². The van der Waals surface area contributed by atoms with Crippen LogP contribution in [-0.4, -0.2) is 30.3 Å². The SMILES string of the molecule is CC(=O)CCN1CCC2=Cc3ccccc3C2C1. The number of rotatable bonds is 3. The highest BCUT2D eigenvalue weighted by molar-refractivity contribution is 5.75. The van der Waals surface area contributed by atoms with Gasteiger partial charge in [0.1, 0.15) is 5.78 Å². The second-order valence-corrected chi connectivity index (χ2v) is 5.40. The first-order valence-electron chi connectivity index (χ1n) is 6.75. The molecular formula is C16H19NO. The number of ketones is 1. The van der Waals surface area contributed by atoms with Gasteiger partial charge < -0.3 is 4.90 Å².